The Morgan fingerprint density at radius 2 is 1.95 bits per heavy atom. The second kappa shape index (κ2) is 8.70. The van der Waals surface area contributed by atoms with Crippen molar-refractivity contribution in [2.75, 3.05) is 26.2 Å². The molecule has 1 aliphatic rings. The van der Waals surface area contributed by atoms with E-state index in [0.29, 0.717) is 5.56 Å². The predicted molar refractivity (Wildman–Crippen MR) is 85.0 cm³/mol. The molecule has 1 heterocycles. The lowest BCUT2D eigenvalue weighted by Gasteiger charge is -2.33. The van der Waals surface area contributed by atoms with Gasteiger partial charge in [-0.2, -0.15) is 0 Å². The Morgan fingerprint density at radius 3 is 2.50 bits per heavy atom. The van der Waals surface area contributed by atoms with Gasteiger partial charge in [0.05, 0.1) is 6.04 Å². The van der Waals surface area contributed by atoms with Crippen molar-refractivity contribution in [1.82, 2.24) is 10.2 Å². The molecule has 0 saturated carbocycles. The third-order valence-corrected chi connectivity index (χ3v) is 3.55. The van der Waals surface area contributed by atoms with Crippen LogP contribution in [0.5, 0.6) is 5.75 Å². The molecule has 1 saturated heterocycles. The molecule has 0 aliphatic carbocycles. The molecule has 1 fully saturated rings. The summed E-state index contributed by atoms with van der Waals surface area (Å²) in [6, 6.07) is 2.69. The maximum absolute atomic E-state index is 13.2. The van der Waals surface area contributed by atoms with Gasteiger partial charge in [-0.15, -0.1) is 31.4 Å². The Morgan fingerprint density at radius 1 is 1.35 bits per heavy atom. The summed E-state index contributed by atoms with van der Waals surface area (Å²) in [5.74, 6) is -0.805. The quantitative estimate of drug-likeness (QED) is 0.828. The zero-order valence-electron chi connectivity index (χ0n) is 10.8. The lowest BCUT2D eigenvalue weighted by molar-refractivity contribution is 0.201. The molecule has 0 bridgehead atoms. The molecule has 0 aromatic heterocycles. The second-order valence-corrected chi connectivity index (χ2v) is 4.64. The first-order valence-corrected chi connectivity index (χ1v) is 6.27. The highest BCUT2D eigenvalue weighted by Crippen LogP contribution is 2.36. The van der Waals surface area contributed by atoms with Gasteiger partial charge in [0.1, 0.15) is 16.6 Å². The van der Waals surface area contributed by atoms with Crippen LogP contribution in [-0.4, -0.2) is 36.2 Å². The number of nitrogens with one attached hydrogen (secondary N) is 1. The highest BCUT2D eigenvalue weighted by molar-refractivity contribution is 6.32. The average molecular weight is 344 g/mol. The minimum atomic E-state index is -0.610. The van der Waals surface area contributed by atoms with E-state index in [1.165, 1.54) is 6.07 Å². The Kier molecular flexibility index (Phi) is 8.47. The molecule has 1 aromatic rings. The van der Waals surface area contributed by atoms with Crippen LogP contribution in [0.1, 0.15) is 11.6 Å². The monoisotopic (exact) mass is 342 g/mol. The highest BCUT2D eigenvalue weighted by atomic mass is 35.5. The van der Waals surface area contributed by atoms with Crippen molar-refractivity contribution in [2.24, 2.45) is 0 Å². The molecule has 7 heteroatoms. The van der Waals surface area contributed by atoms with Crippen molar-refractivity contribution in [3.05, 3.63) is 41.2 Å². The number of rotatable bonds is 3. The number of hydrogen-bond donors (Lipinski definition) is 2. The normalized spacial score (nSPS) is 16.7. The van der Waals surface area contributed by atoms with Crippen molar-refractivity contribution in [1.29, 1.82) is 0 Å². The third-order valence-electron chi connectivity index (χ3n) is 3.19. The van der Waals surface area contributed by atoms with Gasteiger partial charge in [-0.3, -0.25) is 4.90 Å². The first-order chi connectivity index (χ1) is 8.65. The van der Waals surface area contributed by atoms with Gasteiger partial charge in [-0.05, 0) is 6.07 Å². The molecule has 20 heavy (non-hydrogen) atoms. The van der Waals surface area contributed by atoms with Gasteiger partial charge in [0.2, 0.25) is 0 Å². The number of aromatic hydroxyl groups is 1. The van der Waals surface area contributed by atoms with Crippen molar-refractivity contribution in [3.8, 4) is 5.75 Å². The molecule has 0 amide bonds. The van der Waals surface area contributed by atoms with Crippen molar-refractivity contribution in [3.63, 3.8) is 0 Å². The van der Waals surface area contributed by atoms with Crippen LogP contribution in [0.3, 0.4) is 0 Å². The number of hydrogen-bond acceptors (Lipinski definition) is 3. The van der Waals surface area contributed by atoms with Gasteiger partial charge in [0.25, 0.3) is 0 Å². The second-order valence-electron chi connectivity index (χ2n) is 4.27. The fourth-order valence-electron chi connectivity index (χ4n) is 2.23. The van der Waals surface area contributed by atoms with Gasteiger partial charge in [0.15, 0.2) is 0 Å². The van der Waals surface area contributed by atoms with Crippen LogP contribution in [0.4, 0.5) is 4.39 Å². The molecule has 1 aliphatic heterocycles. The Bertz CT molecular complexity index is 453. The van der Waals surface area contributed by atoms with E-state index < -0.39 is 5.82 Å². The van der Waals surface area contributed by atoms with Crippen molar-refractivity contribution < 1.29 is 9.50 Å². The van der Waals surface area contributed by atoms with E-state index in [9.17, 15) is 9.50 Å². The number of piperazine rings is 1. The molecule has 3 nitrogen and oxygen atoms in total. The Hall–Kier alpha value is -0.520. The molecule has 0 radical (unpaired) electrons. The summed E-state index contributed by atoms with van der Waals surface area (Å²) in [6.07, 6.45) is 1.74. The van der Waals surface area contributed by atoms with Crippen molar-refractivity contribution in [2.45, 2.75) is 6.04 Å². The lowest BCUT2D eigenvalue weighted by atomic mass is 10.0. The van der Waals surface area contributed by atoms with Crippen LogP contribution >= 0.6 is 36.4 Å². The molecule has 0 unspecified atom stereocenters. The van der Waals surface area contributed by atoms with Crippen LogP contribution in [0.25, 0.3) is 0 Å². The fraction of sp³-hybridized carbons (Fsp3) is 0.385. The molecular weight excluding hydrogens is 326 g/mol. The minimum absolute atomic E-state index is 0. The van der Waals surface area contributed by atoms with E-state index in [-0.39, 0.29) is 41.6 Å². The molecule has 114 valence electrons. The van der Waals surface area contributed by atoms with Gasteiger partial charge >= 0.3 is 0 Å². The van der Waals surface area contributed by atoms with E-state index in [1.807, 2.05) is 0 Å². The standard InChI is InChI=1S/C13H16ClFN2O.2ClH/c1-2-11(17-7-5-16-6-8-17)9-3-4-10(15)12(14)13(9)18;;/h2-4,11,16,18H,1,5-8H2;2*1H/t11-;;/m1../s1. The van der Waals surface area contributed by atoms with Crippen LogP contribution in [0.2, 0.25) is 5.02 Å². The largest absolute Gasteiger partial charge is 0.506 e. The first kappa shape index (κ1) is 19.5. The van der Waals surface area contributed by atoms with Crippen LogP contribution in [-0.2, 0) is 0 Å². The van der Waals surface area contributed by atoms with Crippen LogP contribution in [0, 0.1) is 5.82 Å². The summed E-state index contributed by atoms with van der Waals surface area (Å²) in [7, 11) is 0. The van der Waals surface area contributed by atoms with Crippen LogP contribution < -0.4 is 5.32 Å². The molecule has 1 aromatic carbocycles. The maximum atomic E-state index is 13.2. The summed E-state index contributed by atoms with van der Waals surface area (Å²) in [6.45, 7) is 7.28. The van der Waals surface area contributed by atoms with Gasteiger partial charge < -0.3 is 10.4 Å². The molecular formula is C13H18Cl3FN2O. The van der Waals surface area contributed by atoms with E-state index >= 15 is 0 Å². The van der Waals surface area contributed by atoms with Gasteiger partial charge in [-0.1, -0.05) is 23.7 Å². The SMILES string of the molecule is C=C[C@H](c1ccc(F)c(Cl)c1O)N1CCNCC1.Cl.Cl. The number of benzene rings is 1. The first-order valence-electron chi connectivity index (χ1n) is 5.89. The Balaban J connectivity index is 0.00000180. The zero-order valence-corrected chi connectivity index (χ0v) is 13.2. The zero-order chi connectivity index (χ0) is 13.1. The molecule has 1 atom stereocenters. The van der Waals surface area contributed by atoms with Crippen LogP contribution in [0.15, 0.2) is 24.8 Å². The molecule has 0 spiro atoms. The van der Waals surface area contributed by atoms with Gasteiger partial charge in [-0.25, -0.2) is 4.39 Å². The average Bonchev–Trinajstić information content (AvgIpc) is 2.41. The number of phenols is 1. The lowest BCUT2D eigenvalue weighted by Crippen LogP contribution is -2.44. The van der Waals surface area contributed by atoms with E-state index in [1.54, 1.807) is 12.1 Å². The maximum Gasteiger partial charge on any atom is 0.145 e. The number of phenolic OH excluding ortho intramolecular Hbond substituents is 1. The summed E-state index contributed by atoms with van der Waals surface area (Å²) >= 11 is 5.73. The van der Waals surface area contributed by atoms with Crippen molar-refractivity contribution >= 4 is 36.4 Å². The predicted octanol–water partition coefficient (Wildman–Crippen LogP) is 3.16. The third kappa shape index (κ3) is 3.99. The summed E-state index contributed by atoms with van der Waals surface area (Å²) in [5, 5.41) is 13.0. The smallest absolute Gasteiger partial charge is 0.145 e. The topological polar surface area (TPSA) is 35.5 Å². The Labute approximate surface area is 135 Å². The number of halogens is 4. The molecule has 2 N–H and O–H groups in total. The fourth-order valence-corrected chi connectivity index (χ4v) is 2.40. The van der Waals surface area contributed by atoms with E-state index in [0.717, 1.165) is 26.2 Å². The van der Waals surface area contributed by atoms with E-state index in [2.05, 4.69) is 16.8 Å². The number of nitrogens with zero attached hydrogens (tertiary/aromatic N) is 1. The molecule has 2 rings (SSSR count). The van der Waals surface area contributed by atoms with Gasteiger partial charge in [0, 0.05) is 31.7 Å². The summed E-state index contributed by atoms with van der Waals surface area (Å²) in [4.78, 5) is 2.17. The summed E-state index contributed by atoms with van der Waals surface area (Å²) in [5.41, 5.74) is 0.596. The minimum Gasteiger partial charge on any atom is -0.506 e. The highest BCUT2D eigenvalue weighted by Gasteiger charge is 2.23. The van der Waals surface area contributed by atoms with E-state index in [4.69, 9.17) is 11.6 Å². The summed E-state index contributed by atoms with van der Waals surface area (Å²) < 4.78 is 13.2.